The first-order valence-corrected chi connectivity index (χ1v) is 5.78. The largest absolute Gasteiger partial charge is 0.396 e. The Morgan fingerprint density at radius 1 is 1.21 bits per heavy atom. The lowest BCUT2D eigenvalue weighted by molar-refractivity contribution is 0.127. The van der Waals surface area contributed by atoms with Gasteiger partial charge >= 0.3 is 0 Å². The smallest absolute Gasteiger partial charge is 0.0462 e. The quantitative estimate of drug-likeness (QED) is 0.683. The fourth-order valence-corrected chi connectivity index (χ4v) is 2.21. The third-order valence-corrected chi connectivity index (χ3v) is 3.11. The van der Waals surface area contributed by atoms with Crippen LogP contribution >= 0.6 is 0 Å². The van der Waals surface area contributed by atoms with Crippen molar-refractivity contribution in [3.63, 3.8) is 0 Å². The maximum Gasteiger partial charge on any atom is 0.0462 e. The van der Waals surface area contributed by atoms with Crippen LogP contribution in [0, 0.1) is 17.8 Å². The van der Waals surface area contributed by atoms with Crippen molar-refractivity contribution in [2.24, 2.45) is 17.8 Å². The van der Waals surface area contributed by atoms with Gasteiger partial charge in [0, 0.05) is 6.61 Å². The summed E-state index contributed by atoms with van der Waals surface area (Å²) in [6.45, 7) is 8.15. The first-order valence-electron chi connectivity index (χ1n) is 5.78. The molecule has 2 atom stereocenters. The summed E-state index contributed by atoms with van der Waals surface area (Å²) in [4.78, 5) is 2.19. The molecule has 0 rings (SSSR count). The van der Waals surface area contributed by atoms with Crippen molar-refractivity contribution in [3.8, 4) is 0 Å². The molecule has 14 heavy (non-hydrogen) atoms. The third kappa shape index (κ3) is 4.97. The van der Waals surface area contributed by atoms with Crippen molar-refractivity contribution in [3.05, 3.63) is 0 Å². The van der Waals surface area contributed by atoms with Gasteiger partial charge in [-0.1, -0.05) is 27.2 Å². The van der Waals surface area contributed by atoms with Gasteiger partial charge in [0.15, 0.2) is 0 Å². The fourth-order valence-electron chi connectivity index (χ4n) is 2.21. The van der Waals surface area contributed by atoms with E-state index in [9.17, 15) is 5.11 Å². The highest BCUT2D eigenvalue weighted by Crippen LogP contribution is 2.26. The zero-order chi connectivity index (χ0) is 11.1. The second-order valence-electron chi connectivity index (χ2n) is 4.85. The van der Waals surface area contributed by atoms with Crippen molar-refractivity contribution in [1.29, 1.82) is 0 Å². The zero-order valence-electron chi connectivity index (χ0n) is 10.5. The molecule has 0 aliphatic rings. The Balaban J connectivity index is 4.08. The number of rotatable bonds is 7. The predicted octanol–water partition coefficient (Wildman–Crippen LogP) is 2.23. The van der Waals surface area contributed by atoms with Gasteiger partial charge in [0.25, 0.3) is 0 Å². The Morgan fingerprint density at radius 3 is 2.07 bits per heavy atom. The first-order chi connectivity index (χ1) is 6.52. The molecule has 0 saturated heterocycles. The molecule has 2 unspecified atom stereocenters. The minimum atomic E-state index is 0.338. The summed E-state index contributed by atoms with van der Waals surface area (Å²) in [6, 6.07) is 0. The topological polar surface area (TPSA) is 23.5 Å². The van der Waals surface area contributed by atoms with E-state index in [0.29, 0.717) is 24.4 Å². The minimum Gasteiger partial charge on any atom is -0.396 e. The molecule has 0 aromatic carbocycles. The number of aliphatic hydroxyl groups is 1. The van der Waals surface area contributed by atoms with Crippen LogP contribution in [0.3, 0.4) is 0 Å². The van der Waals surface area contributed by atoms with Gasteiger partial charge in [-0.05, 0) is 44.8 Å². The normalized spacial score (nSPS) is 16.3. The van der Waals surface area contributed by atoms with Gasteiger partial charge in [0.1, 0.15) is 0 Å². The van der Waals surface area contributed by atoms with Crippen LogP contribution in [0.5, 0.6) is 0 Å². The van der Waals surface area contributed by atoms with Crippen LogP contribution < -0.4 is 0 Å². The summed E-state index contributed by atoms with van der Waals surface area (Å²) in [5, 5.41) is 9.37. The summed E-state index contributed by atoms with van der Waals surface area (Å²) < 4.78 is 0. The maximum atomic E-state index is 9.37. The zero-order valence-corrected chi connectivity index (χ0v) is 10.5. The molecular formula is C12H27NO. The summed E-state index contributed by atoms with van der Waals surface area (Å²) in [5.74, 6) is 1.82. The Kier molecular flexibility index (Phi) is 7.20. The van der Waals surface area contributed by atoms with Crippen LogP contribution in [0.1, 0.15) is 33.6 Å². The maximum absolute atomic E-state index is 9.37. The molecule has 0 aromatic heterocycles. The van der Waals surface area contributed by atoms with Crippen molar-refractivity contribution >= 4 is 0 Å². The van der Waals surface area contributed by atoms with E-state index < -0.39 is 0 Å². The van der Waals surface area contributed by atoms with Crippen molar-refractivity contribution in [2.75, 3.05) is 27.2 Å². The SMILES string of the molecule is CCC(C(C)C)C(CO)CCN(C)C. The van der Waals surface area contributed by atoms with E-state index in [0.717, 1.165) is 13.0 Å². The van der Waals surface area contributed by atoms with E-state index in [2.05, 4.69) is 39.8 Å². The van der Waals surface area contributed by atoms with Crippen LogP contribution in [0.2, 0.25) is 0 Å². The fraction of sp³-hybridized carbons (Fsp3) is 1.00. The van der Waals surface area contributed by atoms with Crippen LogP contribution in [-0.2, 0) is 0 Å². The van der Waals surface area contributed by atoms with E-state index in [1.165, 1.54) is 6.42 Å². The molecule has 86 valence electrons. The van der Waals surface area contributed by atoms with Gasteiger partial charge in [-0.2, -0.15) is 0 Å². The molecule has 1 N–H and O–H groups in total. The second kappa shape index (κ2) is 7.24. The average molecular weight is 201 g/mol. The third-order valence-electron chi connectivity index (χ3n) is 3.11. The molecule has 0 bridgehead atoms. The molecule has 0 aromatic rings. The van der Waals surface area contributed by atoms with E-state index in [4.69, 9.17) is 0 Å². The Bertz CT molecular complexity index is 134. The van der Waals surface area contributed by atoms with E-state index >= 15 is 0 Å². The molecule has 0 heterocycles. The van der Waals surface area contributed by atoms with E-state index in [-0.39, 0.29) is 0 Å². The lowest BCUT2D eigenvalue weighted by atomic mass is 9.80. The lowest BCUT2D eigenvalue weighted by Gasteiger charge is -2.28. The lowest BCUT2D eigenvalue weighted by Crippen LogP contribution is -2.27. The average Bonchev–Trinajstić information content (AvgIpc) is 2.10. The number of hydrogen-bond acceptors (Lipinski definition) is 2. The van der Waals surface area contributed by atoms with E-state index in [1.54, 1.807) is 0 Å². The first kappa shape index (κ1) is 13.9. The molecule has 0 radical (unpaired) electrons. The molecule has 0 spiro atoms. The number of hydrogen-bond donors (Lipinski definition) is 1. The molecule has 2 nitrogen and oxygen atoms in total. The summed E-state index contributed by atoms with van der Waals surface area (Å²) >= 11 is 0. The van der Waals surface area contributed by atoms with Gasteiger partial charge in [0.05, 0.1) is 0 Å². The van der Waals surface area contributed by atoms with Gasteiger partial charge in [-0.25, -0.2) is 0 Å². The van der Waals surface area contributed by atoms with Crippen molar-refractivity contribution in [2.45, 2.75) is 33.6 Å². The molecule has 0 fully saturated rings. The summed E-state index contributed by atoms with van der Waals surface area (Å²) in [5.41, 5.74) is 0. The second-order valence-corrected chi connectivity index (χ2v) is 4.85. The Labute approximate surface area is 89.3 Å². The number of aliphatic hydroxyl groups excluding tert-OH is 1. The molecular weight excluding hydrogens is 174 g/mol. The highest BCUT2D eigenvalue weighted by atomic mass is 16.3. The van der Waals surface area contributed by atoms with E-state index in [1.807, 2.05) is 0 Å². The van der Waals surface area contributed by atoms with Gasteiger partial charge in [-0.15, -0.1) is 0 Å². The molecule has 2 heteroatoms. The molecule has 0 amide bonds. The van der Waals surface area contributed by atoms with Crippen LogP contribution in [0.4, 0.5) is 0 Å². The summed E-state index contributed by atoms with van der Waals surface area (Å²) in [7, 11) is 4.18. The Hall–Kier alpha value is -0.0800. The standard InChI is InChI=1S/C12H27NO/c1-6-12(10(2)3)11(9-14)7-8-13(4)5/h10-12,14H,6-9H2,1-5H3. The van der Waals surface area contributed by atoms with Gasteiger partial charge in [-0.3, -0.25) is 0 Å². The van der Waals surface area contributed by atoms with Crippen LogP contribution in [-0.4, -0.2) is 37.3 Å². The number of nitrogens with zero attached hydrogens (tertiary/aromatic N) is 1. The highest BCUT2D eigenvalue weighted by molar-refractivity contribution is 4.72. The van der Waals surface area contributed by atoms with Crippen LogP contribution in [0.15, 0.2) is 0 Å². The highest BCUT2D eigenvalue weighted by Gasteiger charge is 2.21. The molecule has 0 aliphatic heterocycles. The molecule has 0 saturated carbocycles. The van der Waals surface area contributed by atoms with Crippen molar-refractivity contribution < 1.29 is 5.11 Å². The van der Waals surface area contributed by atoms with Crippen LogP contribution in [0.25, 0.3) is 0 Å². The molecule has 0 aliphatic carbocycles. The summed E-state index contributed by atoms with van der Waals surface area (Å²) in [6.07, 6.45) is 2.29. The van der Waals surface area contributed by atoms with Gasteiger partial charge < -0.3 is 10.0 Å². The Morgan fingerprint density at radius 2 is 1.79 bits per heavy atom. The predicted molar refractivity (Wildman–Crippen MR) is 62.4 cm³/mol. The van der Waals surface area contributed by atoms with Crippen molar-refractivity contribution in [1.82, 2.24) is 4.90 Å². The monoisotopic (exact) mass is 201 g/mol. The van der Waals surface area contributed by atoms with Gasteiger partial charge in [0.2, 0.25) is 0 Å². The minimum absolute atomic E-state index is 0.338.